The highest BCUT2D eigenvalue weighted by Crippen LogP contribution is 2.77. The van der Waals surface area contributed by atoms with Gasteiger partial charge >= 0.3 is 5.97 Å². The van der Waals surface area contributed by atoms with E-state index >= 15 is 0 Å². The normalized spacial score (nSPS) is 50.7. The summed E-state index contributed by atoms with van der Waals surface area (Å²) in [6.45, 7) is 15.0. The fourth-order valence-corrected chi connectivity index (χ4v) is 11.2. The molecule has 5 aliphatic carbocycles. The third kappa shape index (κ3) is 2.84. The van der Waals surface area contributed by atoms with Gasteiger partial charge < -0.3 is 15.2 Å². The van der Waals surface area contributed by atoms with Crippen LogP contribution in [0.4, 0.5) is 0 Å². The Morgan fingerprint density at radius 2 is 1.62 bits per heavy atom. The number of fused-ring (bicyclic) bond motifs is 9. The van der Waals surface area contributed by atoms with Crippen LogP contribution in [0.1, 0.15) is 93.4 Å². The number of amides is 1. The number of nitrogens with two attached hydrogens (primary N) is 1. The Morgan fingerprint density at radius 1 is 0.974 bits per heavy atom. The maximum Gasteiger partial charge on any atom is 0.312 e. The van der Waals surface area contributed by atoms with Gasteiger partial charge in [-0.15, -0.1) is 0 Å². The zero-order valence-electron chi connectivity index (χ0n) is 24.9. The summed E-state index contributed by atoms with van der Waals surface area (Å²) < 4.78 is 11.5. The van der Waals surface area contributed by atoms with Gasteiger partial charge in [-0.3, -0.25) is 19.2 Å². The third-order valence-electron chi connectivity index (χ3n) is 13.5. The number of Topliss-reactive ketones (excluding diaryl/α,β-unsaturated/α-hetero) is 1. The molecule has 0 spiro atoms. The number of allylic oxidation sites excluding steroid dienone is 1. The zero-order chi connectivity index (χ0) is 28.8. The highest BCUT2D eigenvalue weighted by molar-refractivity contribution is 6.15. The molecule has 9 atom stereocenters. The molecule has 0 aromatic carbocycles. The predicted octanol–water partition coefficient (Wildman–Crippen LogP) is 4.55. The van der Waals surface area contributed by atoms with Crippen molar-refractivity contribution in [2.75, 3.05) is 7.11 Å². The summed E-state index contributed by atoms with van der Waals surface area (Å²) in [6.07, 6.45) is 6.79. The van der Waals surface area contributed by atoms with Crippen LogP contribution >= 0.6 is 0 Å². The Kier molecular flexibility index (Phi) is 5.17. The van der Waals surface area contributed by atoms with Crippen LogP contribution in [0.3, 0.4) is 0 Å². The molecule has 0 bridgehead atoms. The third-order valence-corrected chi connectivity index (χ3v) is 13.5. The van der Waals surface area contributed by atoms with Crippen LogP contribution in [0.15, 0.2) is 11.6 Å². The lowest BCUT2D eigenvalue weighted by Gasteiger charge is -2.69. The summed E-state index contributed by atoms with van der Waals surface area (Å²) in [5, 5.41) is 0. The van der Waals surface area contributed by atoms with Gasteiger partial charge in [-0.25, -0.2) is 0 Å². The number of epoxide rings is 1. The quantitative estimate of drug-likeness (QED) is 0.313. The molecule has 2 N–H and O–H groups in total. The number of carbonyl (C=O) groups is 4. The van der Waals surface area contributed by atoms with E-state index in [-0.39, 0.29) is 51.5 Å². The number of carbonyl (C=O) groups excluding carboxylic acids is 4. The molecule has 4 saturated carbocycles. The minimum atomic E-state index is -1.62. The number of ketones is 2. The summed E-state index contributed by atoms with van der Waals surface area (Å²) in [4.78, 5) is 54.3. The number of rotatable bonds is 2. The first-order valence-corrected chi connectivity index (χ1v) is 14.8. The molecule has 7 heteroatoms. The van der Waals surface area contributed by atoms with Gasteiger partial charge in [0.2, 0.25) is 5.60 Å². The van der Waals surface area contributed by atoms with Gasteiger partial charge in [0.1, 0.15) is 6.10 Å². The molecule has 0 aromatic heterocycles. The number of esters is 1. The van der Waals surface area contributed by atoms with Crippen LogP contribution in [-0.4, -0.2) is 42.3 Å². The van der Waals surface area contributed by atoms with Crippen LogP contribution in [0.2, 0.25) is 0 Å². The Balaban J connectivity index is 1.53. The van der Waals surface area contributed by atoms with E-state index < -0.39 is 33.9 Å². The van der Waals surface area contributed by atoms with E-state index in [2.05, 4.69) is 34.6 Å². The van der Waals surface area contributed by atoms with Gasteiger partial charge in [-0.1, -0.05) is 54.0 Å². The van der Waals surface area contributed by atoms with Gasteiger partial charge in [-0.05, 0) is 79.1 Å². The monoisotopic (exact) mass is 539 g/mol. The highest BCUT2D eigenvalue weighted by Gasteiger charge is 2.84. The summed E-state index contributed by atoms with van der Waals surface area (Å²) in [7, 11) is 1.47. The number of ether oxygens (including phenoxy) is 2. The van der Waals surface area contributed by atoms with Crippen molar-refractivity contribution in [2.24, 2.45) is 56.0 Å². The first kappa shape index (κ1) is 27.2. The number of methoxy groups -OCH3 is 1. The summed E-state index contributed by atoms with van der Waals surface area (Å²) in [5.41, 5.74) is 2.41. The Bertz CT molecular complexity index is 1250. The maximum atomic E-state index is 14.5. The molecular formula is C32H45NO6. The Morgan fingerprint density at radius 3 is 2.23 bits per heavy atom. The van der Waals surface area contributed by atoms with E-state index in [1.807, 2.05) is 19.9 Å². The lowest BCUT2D eigenvalue weighted by atomic mass is 9.33. The van der Waals surface area contributed by atoms with Crippen LogP contribution in [0.25, 0.3) is 0 Å². The molecule has 39 heavy (non-hydrogen) atoms. The molecule has 5 fully saturated rings. The van der Waals surface area contributed by atoms with Crippen molar-refractivity contribution in [2.45, 2.75) is 105 Å². The first-order valence-electron chi connectivity index (χ1n) is 14.8. The van der Waals surface area contributed by atoms with Crippen LogP contribution < -0.4 is 5.73 Å². The summed E-state index contributed by atoms with van der Waals surface area (Å²) in [6, 6.07) is 0. The van der Waals surface area contributed by atoms with Gasteiger partial charge in [0.15, 0.2) is 11.6 Å². The lowest BCUT2D eigenvalue weighted by Crippen LogP contribution is -2.68. The molecule has 7 nitrogen and oxygen atoms in total. The van der Waals surface area contributed by atoms with Crippen molar-refractivity contribution in [3.05, 3.63) is 11.6 Å². The van der Waals surface area contributed by atoms with Crippen LogP contribution in [0, 0.1) is 50.2 Å². The molecule has 1 heterocycles. The molecule has 1 amide bonds. The first-order chi connectivity index (χ1) is 17.9. The highest BCUT2D eigenvalue weighted by atomic mass is 16.6. The average Bonchev–Trinajstić information content (AvgIpc) is 3.62. The van der Waals surface area contributed by atoms with Crippen LogP contribution in [-0.2, 0) is 28.7 Å². The van der Waals surface area contributed by atoms with E-state index in [4.69, 9.17) is 15.2 Å². The largest absolute Gasteiger partial charge is 0.469 e. The molecule has 1 unspecified atom stereocenters. The van der Waals surface area contributed by atoms with Crippen molar-refractivity contribution in [1.82, 2.24) is 0 Å². The van der Waals surface area contributed by atoms with E-state index in [0.29, 0.717) is 6.42 Å². The Labute approximate surface area is 232 Å². The minimum absolute atomic E-state index is 0.0337. The molecule has 6 aliphatic rings. The number of hydrogen-bond acceptors (Lipinski definition) is 6. The molecule has 0 radical (unpaired) electrons. The van der Waals surface area contributed by atoms with Gasteiger partial charge in [0.05, 0.1) is 12.5 Å². The lowest BCUT2D eigenvalue weighted by molar-refractivity contribution is -0.192. The van der Waals surface area contributed by atoms with E-state index in [9.17, 15) is 19.2 Å². The standard InChI is InChI=1S/C32H45NO6/c1-26(2)11-13-31(25(37)38-8)14-12-29(6)21(17(31)16-26)18(34)15-20-28(29,5)10-9-19-27(3,4)22(35)32(24(33)36)23(39-32)30(19,20)7/h15,17,19,21,23H,9-14,16H2,1-8H3,(H2,33,36)/t17-,19+,21?,23-,28-,29-,30+,31+,32+/m1/s1. The van der Waals surface area contributed by atoms with Gasteiger partial charge in [0.25, 0.3) is 5.91 Å². The van der Waals surface area contributed by atoms with E-state index in [1.54, 1.807) is 0 Å². The summed E-state index contributed by atoms with van der Waals surface area (Å²) >= 11 is 0. The molecule has 6 rings (SSSR count). The van der Waals surface area contributed by atoms with E-state index in [0.717, 1.165) is 44.1 Å². The Hall–Kier alpha value is -2.02. The smallest absolute Gasteiger partial charge is 0.312 e. The molecule has 0 aromatic rings. The van der Waals surface area contributed by atoms with Crippen molar-refractivity contribution < 1.29 is 28.7 Å². The summed E-state index contributed by atoms with van der Waals surface area (Å²) in [5.74, 6) is -1.51. The molecular weight excluding hydrogens is 494 g/mol. The topological polar surface area (TPSA) is 116 Å². The second kappa shape index (κ2) is 7.43. The fourth-order valence-electron chi connectivity index (χ4n) is 11.2. The van der Waals surface area contributed by atoms with Gasteiger partial charge in [-0.2, -0.15) is 0 Å². The number of hydrogen-bond donors (Lipinski definition) is 1. The average molecular weight is 540 g/mol. The van der Waals surface area contributed by atoms with Crippen molar-refractivity contribution in [3.8, 4) is 0 Å². The SMILES string of the molecule is COC(=O)[C@]12CCC(C)(C)C[C@@H]1C1C(=O)C=C3[C@]4(C)[C@@H](CC[C@@]3(C)[C@]1(C)CC2)C(C)(C)C(=O)[C@]1(C(N)=O)O[C@@H]14. The van der Waals surface area contributed by atoms with Crippen molar-refractivity contribution in [3.63, 3.8) is 0 Å². The fraction of sp³-hybridized carbons (Fsp3) is 0.812. The van der Waals surface area contributed by atoms with Crippen molar-refractivity contribution >= 4 is 23.4 Å². The van der Waals surface area contributed by atoms with E-state index in [1.165, 1.54) is 7.11 Å². The van der Waals surface area contributed by atoms with Crippen LogP contribution in [0.5, 0.6) is 0 Å². The second-order valence-electron chi connectivity index (χ2n) is 15.8. The van der Waals surface area contributed by atoms with Crippen molar-refractivity contribution in [1.29, 1.82) is 0 Å². The second-order valence-corrected chi connectivity index (χ2v) is 15.8. The zero-order valence-corrected chi connectivity index (χ0v) is 24.9. The maximum absolute atomic E-state index is 14.5. The van der Waals surface area contributed by atoms with Gasteiger partial charge in [0, 0.05) is 16.7 Å². The minimum Gasteiger partial charge on any atom is -0.469 e. The molecule has 1 saturated heterocycles. The molecule has 214 valence electrons. The molecule has 1 aliphatic heterocycles. The number of primary amides is 1. The predicted molar refractivity (Wildman–Crippen MR) is 144 cm³/mol.